The average Bonchev–Trinajstić information content (AvgIpc) is 2.38. The summed E-state index contributed by atoms with van der Waals surface area (Å²) in [4.78, 5) is 10.0. The Hall–Kier alpha value is -2.08. The second kappa shape index (κ2) is 6.58. The number of nitro benzene ring substituents is 1. The molecule has 1 rings (SSSR count). The number of hydrogen-bond donors (Lipinski definition) is 0. The summed E-state index contributed by atoms with van der Waals surface area (Å²) in [7, 11) is 0. The van der Waals surface area contributed by atoms with Gasteiger partial charge in [0.05, 0.1) is 26.2 Å². The van der Waals surface area contributed by atoms with E-state index in [4.69, 9.17) is 15.3 Å². The quantitative estimate of drug-likeness (QED) is 0.431. The number of hydrogen-bond acceptors (Lipinski definition) is 5. The van der Waals surface area contributed by atoms with Crippen molar-refractivity contribution in [1.82, 2.24) is 0 Å². The molecular weight excluding hydrogens is 406 g/mol. The van der Waals surface area contributed by atoms with Crippen molar-refractivity contribution >= 4 is 28.3 Å². The smallest absolute Gasteiger partial charge is 0.407 e. The Labute approximate surface area is 130 Å². The van der Waals surface area contributed by atoms with Crippen LogP contribution in [0.2, 0.25) is 0 Å². The van der Waals surface area contributed by atoms with Gasteiger partial charge in [-0.15, -0.1) is 0 Å². The number of nitriles is 2. The molecule has 0 amide bonds. The zero-order valence-corrected chi connectivity index (χ0v) is 12.2. The van der Waals surface area contributed by atoms with Gasteiger partial charge in [-0.3, -0.25) is 10.1 Å². The van der Waals surface area contributed by atoms with Crippen LogP contribution >= 0.6 is 22.6 Å². The second-order valence-corrected chi connectivity index (χ2v) is 4.87. The van der Waals surface area contributed by atoms with Gasteiger partial charge in [0.1, 0.15) is 6.61 Å². The van der Waals surface area contributed by atoms with Gasteiger partial charge in [0, 0.05) is 6.07 Å². The first kappa shape index (κ1) is 17.0. The lowest BCUT2D eigenvalue weighted by molar-refractivity contribution is -0.386. The third kappa shape index (κ3) is 4.19. The van der Waals surface area contributed by atoms with E-state index >= 15 is 0 Å². The van der Waals surface area contributed by atoms with Crippen LogP contribution in [0.1, 0.15) is 5.56 Å². The number of alkyl halides is 3. The van der Waals surface area contributed by atoms with Crippen LogP contribution in [0, 0.1) is 42.3 Å². The van der Waals surface area contributed by atoms with Crippen LogP contribution in [-0.4, -0.2) is 17.7 Å². The van der Waals surface area contributed by atoms with E-state index in [1.807, 2.05) is 0 Å². The first-order chi connectivity index (χ1) is 9.70. The number of benzene rings is 1. The van der Waals surface area contributed by atoms with Crippen LogP contribution in [0.3, 0.4) is 0 Å². The summed E-state index contributed by atoms with van der Waals surface area (Å²) in [5, 5.41) is 28.0. The maximum absolute atomic E-state index is 12.4. The second-order valence-electron chi connectivity index (χ2n) is 3.71. The van der Waals surface area contributed by atoms with Crippen LogP contribution < -0.4 is 4.74 Å². The van der Waals surface area contributed by atoms with Gasteiger partial charge >= 0.3 is 11.9 Å². The van der Waals surface area contributed by atoms with Gasteiger partial charge in [0.2, 0.25) is 5.75 Å². The lowest BCUT2D eigenvalue weighted by Crippen LogP contribution is -2.27. The number of ether oxygens (including phenoxy) is 1. The molecule has 0 aromatic heterocycles. The molecule has 0 aliphatic carbocycles. The Morgan fingerprint density at radius 3 is 2.48 bits per heavy atom. The van der Waals surface area contributed by atoms with Gasteiger partial charge in [-0.25, -0.2) is 0 Å². The van der Waals surface area contributed by atoms with Crippen LogP contribution in [0.15, 0.2) is 12.1 Å². The van der Waals surface area contributed by atoms with E-state index in [9.17, 15) is 23.3 Å². The predicted molar refractivity (Wildman–Crippen MR) is 71.2 cm³/mol. The largest absolute Gasteiger partial charge is 0.484 e. The van der Waals surface area contributed by atoms with Crippen LogP contribution in [-0.2, 0) is 0 Å². The fourth-order valence-electron chi connectivity index (χ4n) is 1.29. The van der Waals surface area contributed by atoms with Gasteiger partial charge < -0.3 is 4.74 Å². The maximum Gasteiger partial charge on any atom is 0.407 e. The van der Waals surface area contributed by atoms with Crippen molar-refractivity contribution in [2.45, 2.75) is 6.18 Å². The lowest BCUT2D eigenvalue weighted by atomic mass is 10.2. The van der Waals surface area contributed by atoms with Crippen molar-refractivity contribution in [3.63, 3.8) is 0 Å². The molecule has 0 spiro atoms. The fourth-order valence-corrected chi connectivity index (χ4v) is 2.06. The summed E-state index contributed by atoms with van der Waals surface area (Å²) in [5.41, 5.74) is -0.650. The first-order valence-electron chi connectivity index (χ1n) is 5.17. The molecule has 10 heteroatoms. The Morgan fingerprint density at radius 2 is 2.05 bits per heavy atom. The summed E-state index contributed by atoms with van der Waals surface area (Å²) in [6.45, 7) is -1.07. The minimum Gasteiger partial charge on any atom is -0.484 e. The first-order valence-corrected chi connectivity index (χ1v) is 6.25. The molecule has 0 aliphatic rings. The summed E-state index contributed by atoms with van der Waals surface area (Å²) in [6.07, 6.45) is -4.79. The molecule has 110 valence electrons. The molecule has 0 radical (unpaired) electrons. The SMILES string of the molecule is N#Cc1cc(I)c(OCC(C#N)C(F)(F)F)c([N+](=O)[O-])c1. The number of nitrogens with zero attached hydrogens (tertiary/aromatic N) is 3. The lowest BCUT2D eigenvalue weighted by Gasteiger charge is -2.15. The van der Waals surface area contributed by atoms with Gasteiger partial charge in [-0.2, -0.15) is 23.7 Å². The van der Waals surface area contributed by atoms with Gasteiger partial charge in [-0.05, 0) is 28.7 Å². The molecular formula is C11H5F3IN3O3. The fraction of sp³-hybridized carbons (Fsp3) is 0.273. The van der Waals surface area contributed by atoms with Crippen molar-refractivity contribution in [3.8, 4) is 17.9 Å². The Kier molecular flexibility index (Phi) is 5.32. The van der Waals surface area contributed by atoms with Crippen LogP contribution in [0.25, 0.3) is 0 Å². The van der Waals surface area contributed by atoms with Crippen LogP contribution in [0.5, 0.6) is 5.75 Å². The topological polar surface area (TPSA) is 99.9 Å². The minimum absolute atomic E-state index is 0.0221. The molecule has 6 nitrogen and oxygen atoms in total. The summed E-state index contributed by atoms with van der Waals surface area (Å²) >= 11 is 1.60. The van der Waals surface area contributed by atoms with E-state index in [-0.39, 0.29) is 9.13 Å². The Bertz CT molecular complexity index is 649. The summed E-state index contributed by atoms with van der Waals surface area (Å²) in [6, 6.07) is 4.85. The predicted octanol–water partition coefficient (Wildman–Crippen LogP) is 3.15. The molecule has 1 aromatic rings. The monoisotopic (exact) mass is 411 g/mol. The van der Waals surface area contributed by atoms with Crippen molar-refractivity contribution in [2.24, 2.45) is 5.92 Å². The third-order valence-corrected chi connectivity index (χ3v) is 3.10. The van der Waals surface area contributed by atoms with E-state index in [1.54, 1.807) is 28.7 Å². The summed E-state index contributed by atoms with van der Waals surface area (Å²) in [5.74, 6) is -2.80. The molecule has 0 heterocycles. The van der Waals surface area contributed by atoms with Crippen molar-refractivity contribution in [3.05, 3.63) is 31.4 Å². The van der Waals surface area contributed by atoms with E-state index in [0.717, 1.165) is 12.1 Å². The van der Waals surface area contributed by atoms with E-state index in [2.05, 4.69) is 0 Å². The summed E-state index contributed by atoms with van der Waals surface area (Å²) < 4.78 is 42.2. The van der Waals surface area contributed by atoms with E-state index < -0.39 is 35.1 Å². The number of nitro groups is 1. The highest BCUT2D eigenvalue weighted by molar-refractivity contribution is 14.1. The maximum atomic E-state index is 12.4. The van der Waals surface area contributed by atoms with Crippen LogP contribution in [0.4, 0.5) is 18.9 Å². The molecule has 21 heavy (non-hydrogen) atoms. The molecule has 0 aliphatic heterocycles. The molecule has 0 bridgehead atoms. The molecule has 1 atom stereocenters. The van der Waals surface area contributed by atoms with Crippen molar-refractivity contribution in [1.29, 1.82) is 10.5 Å². The van der Waals surface area contributed by atoms with Gasteiger partial charge in [0.15, 0.2) is 5.92 Å². The highest BCUT2D eigenvalue weighted by Gasteiger charge is 2.41. The molecule has 1 aromatic carbocycles. The zero-order valence-electron chi connectivity index (χ0n) is 10.0. The van der Waals surface area contributed by atoms with Gasteiger partial charge in [0.25, 0.3) is 0 Å². The van der Waals surface area contributed by atoms with Crippen molar-refractivity contribution < 1.29 is 22.8 Å². The molecule has 0 saturated carbocycles. The standard InChI is InChI=1S/C11H5F3IN3O3/c12-11(13,14)7(4-17)5-21-10-8(15)1-6(3-16)2-9(10)18(19)20/h1-2,7H,5H2. The Morgan fingerprint density at radius 1 is 1.43 bits per heavy atom. The normalized spacial score (nSPS) is 12.1. The minimum atomic E-state index is -4.79. The third-order valence-electron chi connectivity index (χ3n) is 2.30. The average molecular weight is 411 g/mol. The van der Waals surface area contributed by atoms with E-state index in [1.165, 1.54) is 6.07 Å². The highest BCUT2D eigenvalue weighted by atomic mass is 127. The van der Waals surface area contributed by atoms with Crippen molar-refractivity contribution in [2.75, 3.05) is 6.61 Å². The number of halogens is 4. The highest BCUT2D eigenvalue weighted by Crippen LogP contribution is 2.35. The molecule has 0 saturated heterocycles. The molecule has 0 fully saturated rings. The molecule has 1 unspecified atom stereocenters. The number of rotatable bonds is 4. The van der Waals surface area contributed by atoms with Gasteiger partial charge in [-0.1, -0.05) is 0 Å². The Balaban J connectivity index is 3.12. The molecule has 0 N–H and O–H groups in total. The zero-order chi connectivity index (χ0) is 16.2. The van der Waals surface area contributed by atoms with E-state index in [0.29, 0.717) is 0 Å².